The molecule has 3 heteroatoms. The summed E-state index contributed by atoms with van der Waals surface area (Å²) in [4.78, 5) is 0. The highest BCUT2D eigenvalue weighted by molar-refractivity contribution is 9.09. The van der Waals surface area contributed by atoms with Crippen LogP contribution in [0.15, 0.2) is 12.3 Å². The lowest BCUT2D eigenvalue weighted by Crippen LogP contribution is -2.31. The maximum atomic E-state index is 4.76. The van der Waals surface area contributed by atoms with Crippen LogP contribution in [0, 0.1) is 11.3 Å². The van der Waals surface area contributed by atoms with Gasteiger partial charge in [-0.1, -0.05) is 42.1 Å². The quantitative estimate of drug-likeness (QED) is 0.568. The standard InChI is InChI=1S/C18H31BrN2/c1-4-5-6-16-7-10-18(14-19,11-8-16)13-17-9-12-21(20-17)15(2)3/h9,12,15-16H,4-8,10-11,13-14H2,1-3H3. The van der Waals surface area contributed by atoms with E-state index in [1.807, 2.05) is 0 Å². The van der Waals surface area contributed by atoms with E-state index in [0.717, 1.165) is 17.7 Å². The molecule has 0 bridgehead atoms. The van der Waals surface area contributed by atoms with E-state index in [1.165, 1.54) is 50.6 Å². The monoisotopic (exact) mass is 354 g/mol. The first-order valence-electron chi connectivity index (χ1n) is 8.68. The Morgan fingerprint density at radius 1 is 1.38 bits per heavy atom. The zero-order valence-electron chi connectivity index (χ0n) is 13.9. The number of aromatic nitrogens is 2. The van der Waals surface area contributed by atoms with E-state index in [2.05, 4.69) is 53.6 Å². The number of halogens is 1. The highest BCUT2D eigenvalue weighted by Crippen LogP contribution is 2.43. The summed E-state index contributed by atoms with van der Waals surface area (Å²) in [6, 6.07) is 2.68. The van der Waals surface area contributed by atoms with Crippen LogP contribution in [0.2, 0.25) is 0 Å². The Balaban J connectivity index is 1.93. The van der Waals surface area contributed by atoms with Crippen LogP contribution in [0.25, 0.3) is 0 Å². The van der Waals surface area contributed by atoms with Crippen molar-refractivity contribution in [2.45, 2.75) is 78.2 Å². The third kappa shape index (κ3) is 4.58. The number of unbranched alkanes of at least 4 members (excludes halogenated alkanes) is 1. The van der Waals surface area contributed by atoms with Crippen LogP contribution in [0.5, 0.6) is 0 Å². The number of hydrogen-bond acceptors (Lipinski definition) is 1. The maximum absolute atomic E-state index is 4.76. The highest BCUT2D eigenvalue weighted by atomic mass is 79.9. The van der Waals surface area contributed by atoms with Gasteiger partial charge in [0.15, 0.2) is 0 Å². The lowest BCUT2D eigenvalue weighted by molar-refractivity contribution is 0.167. The molecule has 120 valence electrons. The normalized spacial score (nSPS) is 26.4. The summed E-state index contributed by atoms with van der Waals surface area (Å²) in [5.74, 6) is 0.977. The second-order valence-electron chi connectivity index (χ2n) is 7.28. The molecule has 0 spiro atoms. The molecule has 0 saturated heterocycles. The predicted molar refractivity (Wildman–Crippen MR) is 94.0 cm³/mol. The van der Waals surface area contributed by atoms with E-state index >= 15 is 0 Å². The van der Waals surface area contributed by atoms with Crippen LogP contribution in [-0.4, -0.2) is 15.1 Å². The maximum Gasteiger partial charge on any atom is 0.0630 e. The van der Waals surface area contributed by atoms with Gasteiger partial charge in [-0.3, -0.25) is 4.68 Å². The van der Waals surface area contributed by atoms with Crippen molar-refractivity contribution >= 4 is 15.9 Å². The molecule has 1 aromatic rings. The largest absolute Gasteiger partial charge is 0.270 e. The molecule has 0 aromatic carbocycles. The molecule has 2 rings (SSSR count). The van der Waals surface area contributed by atoms with E-state index in [0.29, 0.717) is 11.5 Å². The van der Waals surface area contributed by atoms with Crippen LogP contribution in [0.3, 0.4) is 0 Å². The minimum atomic E-state index is 0.443. The number of nitrogens with zero attached hydrogens (tertiary/aromatic N) is 2. The van der Waals surface area contributed by atoms with Gasteiger partial charge in [0.2, 0.25) is 0 Å². The molecule has 2 nitrogen and oxygen atoms in total. The van der Waals surface area contributed by atoms with Crippen LogP contribution >= 0.6 is 15.9 Å². The summed E-state index contributed by atoms with van der Waals surface area (Å²) in [7, 11) is 0. The Kier molecular flexibility index (Phi) is 6.34. The van der Waals surface area contributed by atoms with Gasteiger partial charge in [-0.15, -0.1) is 0 Å². The lowest BCUT2D eigenvalue weighted by Gasteiger charge is -2.39. The van der Waals surface area contributed by atoms with Crippen molar-refractivity contribution in [3.05, 3.63) is 18.0 Å². The molecule has 0 radical (unpaired) electrons. The van der Waals surface area contributed by atoms with Gasteiger partial charge in [0.05, 0.1) is 5.69 Å². The molecule has 21 heavy (non-hydrogen) atoms. The first-order valence-corrected chi connectivity index (χ1v) is 9.81. The number of alkyl halides is 1. The van der Waals surface area contributed by atoms with Crippen LogP contribution < -0.4 is 0 Å². The Morgan fingerprint density at radius 3 is 2.62 bits per heavy atom. The minimum Gasteiger partial charge on any atom is -0.270 e. The second kappa shape index (κ2) is 7.80. The topological polar surface area (TPSA) is 17.8 Å². The first kappa shape index (κ1) is 17.1. The van der Waals surface area contributed by atoms with Gasteiger partial charge in [-0.25, -0.2) is 0 Å². The minimum absolute atomic E-state index is 0.443. The Morgan fingerprint density at radius 2 is 2.10 bits per heavy atom. The van der Waals surface area contributed by atoms with Gasteiger partial charge >= 0.3 is 0 Å². The average Bonchev–Trinajstić information content (AvgIpc) is 2.95. The van der Waals surface area contributed by atoms with Crippen molar-refractivity contribution < 1.29 is 0 Å². The zero-order chi connectivity index (χ0) is 15.3. The summed E-state index contributed by atoms with van der Waals surface area (Å²) in [5.41, 5.74) is 1.72. The molecule has 0 N–H and O–H groups in total. The van der Waals surface area contributed by atoms with E-state index in [-0.39, 0.29) is 0 Å². The molecule has 0 aliphatic heterocycles. The van der Waals surface area contributed by atoms with Crippen molar-refractivity contribution in [1.29, 1.82) is 0 Å². The second-order valence-corrected chi connectivity index (χ2v) is 7.84. The van der Waals surface area contributed by atoms with E-state index < -0.39 is 0 Å². The summed E-state index contributed by atoms with van der Waals surface area (Å²) >= 11 is 3.80. The average molecular weight is 355 g/mol. The zero-order valence-corrected chi connectivity index (χ0v) is 15.5. The molecule has 1 aromatic heterocycles. The third-order valence-electron chi connectivity index (χ3n) is 5.16. The van der Waals surface area contributed by atoms with Crippen LogP contribution in [0.1, 0.15) is 77.5 Å². The van der Waals surface area contributed by atoms with Gasteiger partial charge in [0.1, 0.15) is 0 Å². The molecule has 1 aliphatic carbocycles. The fourth-order valence-electron chi connectivity index (χ4n) is 3.57. The van der Waals surface area contributed by atoms with Crippen molar-refractivity contribution in [3.8, 4) is 0 Å². The van der Waals surface area contributed by atoms with Gasteiger partial charge < -0.3 is 0 Å². The fourth-order valence-corrected chi connectivity index (χ4v) is 4.33. The Bertz CT molecular complexity index is 417. The van der Waals surface area contributed by atoms with Crippen molar-refractivity contribution in [2.24, 2.45) is 11.3 Å². The van der Waals surface area contributed by atoms with Crippen molar-refractivity contribution in [2.75, 3.05) is 5.33 Å². The Labute approximate surface area is 138 Å². The van der Waals surface area contributed by atoms with Gasteiger partial charge in [-0.05, 0) is 63.4 Å². The smallest absolute Gasteiger partial charge is 0.0630 e. The van der Waals surface area contributed by atoms with Gasteiger partial charge in [0, 0.05) is 17.6 Å². The molecule has 1 aliphatic rings. The SMILES string of the molecule is CCCCC1CCC(CBr)(Cc2ccn(C(C)C)n2)CC1. The molecule has 0 amide bonds. The summed E-state index contributed by atoms with van der Waals surface area (Å²) in [6.45, 7) is 6.68. The highest BCUT2D eigenvalue weighted by Gasteiger charge is 2.35. The lowest BCUT2D eigenvalue weighted by atomic mass is 9.68. The first-order chi connectivity index (χ1) is 10.1. The third-order valence-corrected chi connectivity index (χ3v) is 6.35. The summed E-state index contributed by atoms with van der Waals surface area (Å²) in [5, 5.41) is 5.88. The number of hydrogen-bond donors (Lipinski definition) is 0. The molecular weight excluding hydrogens is 324 g/mol. The van der Waals surface area contributed by atoms with Crippen molar-refractivity contribution in [3.63, 3.8) is 0 Å². The van der Waals surface area contributed by atoms with E-state index in [1.54, 1.807) is 0 Å². The molecule has 1 fully saturated rings. The van der Waals surface area contributed by atoms with E-state index in [9.17, 15) is 0 Å². The summed E-state index contributed by atoms with van der Waals surface area (Å²) in [6.07, 6.45) is 13.0. The predicted octanol–water partition coefficient (Wildman–Crippen LogP) is 5.77. The van der Waals surface area contributed by atoms with Crippen LogP contribution in [0.4, 0.5) is 0 Å². The Hall–Kier alpha value is -0.310. The molecule has 0 unspecified atom stereocenters. The fraction of sp³-hybridized carbons (Fsp3) is 0.833. The van der Waals surface area contributed by atoms with Gasteiger partial charge in [0.25, 0.3) is 0 Å². The number of rotatable bonds is 7. The van der Waals surface area contributed by atoms with Crippen LogP contribution in [-0.2, 0) is 6.42 Å². The molecule has 0 atom stereocenters. The molecule has 1 heterocycles. The van der Waals surface area contributed by atoms with E-state index in [4.69, 9.17) is 5.10 Å². The molecular formula is C18H31BrN2. The van der Waals surface area contributed by atoms with Gasteiger partial charge in [-0.2, -0.15) is 5.10 Å². The summed E-state index contributed by atoms with van der Waals surface area (Å²) < 4.78 is 2.09. The van der Waals surface area contributed by atoms with Crippen molar-refractivity contribution in [1.82, 2.24) is 9.78 Å². The molecule has 1 saturated carbocycles.